The van der Waals surface area contributed by atoms with Crippen LogP contribution in [0.2, 0.25) is 0 Å². The normalized spacial score (nSPS) is 10.7. The van der Waals surface area contributed by atoms with Crippen molar-refractivity contribution in [1.82, 2.24) is 4.98 Å². The van der Waals surface area contributed by atoms with E-state index in [4.69, 9.17) is 5.73 Å². The van der Waals surface area contributed by atoms with E-state index in [0.29, 0.717) is 6.54 Å². The fraction of sp³-hybridized carbons (Fsp3) is 0.583. The van der Waals surface area contributed by atoms with Crippen molar-refractivity contribution in [2.75, 3.05) is 11.9 Å². The molecular formula is C12H21N3. The standard InChI is InChI=1S/C12H21N3/c1-3-10(4-2)8-14-12-6-5-11(7-13)9-15-12/h5-6,9-10H,3-4,7-8,13H2,1-2H3,(H,14,15). The molecule has 0 aliphatic rings. The van der Waals surface area contributed by atoms with E-state index in [0.717, 1.165) is 23.8 Å². The molecule has 84 valence electrons. The first-order valence-electron chi connectivity index (χ1n) is 5.69. The van der Waals surface area contributed by atoms with Crippen LogP contribution in [0, 0.1) is 5.92 Å². The van der Waals surface area contributed by atoms with Gasteiger partial charge in [0.1, 0.15) is 5.82 Å². The fourth-order valence-corrected chi connectivity index (χ4v) is 1.48. The van der Waals surface area contributed by atoms with Crippen LogP contribution in [-0.4, -0.2) is 11.5 Å². The molecule has 0 amide bonds. The number of nitrogens with zero attached hydrogens (tertiary/aromatic N) is 1. The van der Waals surface area contributed by atoms with Crippen molar-refractivity contribution >= 4 is 5.82 Å². The van der Waals surface area contributed by atoms with Gasteiger partial charge in [0.05, 0.1) is 0 Å². The van der Waals surface area contributed by atoms with Crippen LogP contribution in [0.3, 0.4) is 0 Å². The lowest BCUT2D eigenvalue weighted by Gasteiger charge is -2.13. The second-order valence-electron chi connectivity index (χ2n) is 3.82. The second kappa shape index (κ2) is 6.40. The van der Waals surface area contributed by atoms with Gasteiger partial charge in [-0.1, -0.05) is 32.8 Å². The molecule has 15 heavy (non-hydrogen) atoms. The van der Waals surface area contributed by atoms with Crippen molar-refractivity contribution in [3.05, 3.63) is 23.9 Å². The van der Waals surface area contributed by atoms with E-state index < -0.39 is 0 Å². The zero-order valence-corrected chi connectivity index (χ0v) is 9.66. The third kappa shape index (κ3) is 3.88. The fourth-order valence-electron chi connectivity index (χ4n) is 1.48. The summed E-state index contributed by atoms with van der Waals surface area (Å²) in [7, 11) is 0. The van der Waals surface area contributed by atoms with Crippen LogP contribution >= 0.6 is 0 Å². The number of aromatic nitrogens is 1. The summed E-state index contributed by atoms with van der Waals surface area (Å²) in [5, 5.41) is 3.35. The Hall–Kier alpha value is -1.09. The van der Waals surface area contributed by atoms with E-state index in [2.05, 4.69) is 24.1 Å². The van der Waals surface area contributed by atoms with Crippen molar-refractivity contribution in [2.24, 2.45) is 11.7 Å². The van der Waals surface area contributed by atoms with Gasteiger partial charge < -0.3 is 11.1 Å². The number of rotatable bonds is 6. The van der Waals surface area contributed by atoms with E-state index in [1.165, 1.54) is 12.8 Å². The minimum atomic E-state index is 0.555. The minimum Gasteiger partial charge on any atom is -0.370 e. The first kappa shape index (κ1) is 12.0. The van der Waals surface area contributed by atoms with Gasteiger partial charge >= 0.3 is 0 Å². The number of anilines is 1. The van der Waals surface area contributed by atoms with Gasteiger partial charge in [-0.2, -0.15) is 0 Å². The highest BCUT2D eigenvalue weighted by Gasteiger charge is 2.02. The lowest BCUT2D eigenvalue weighted by Crippen LogP contribution is -2.13. The molecule has 0 aliphatic heterocycles. The van der Waals surface area contributed by atoms with Crippen LogP contribution in [0.1, 0.15) is 32.3 Å². The summed E-state index contributed by atoms with van der Waals surface area (Å²) in [5.41, 5.74) is 6.58. The average Bonchev–Trinajstić information content (AvgIpc) is 2.31. The Kier molecular flexibility index (Phi) is 5.12. The zero-order chi connectivity index (χ0) is 11.1. The summed E-state index contributed by atoms with van der Waals surface area (Å²) in [4.78, 5) is 4.30. The lowest BCUT2D eigenvalue weighted by molar-refractivity contribution is 0.518. The maximum absolute atomic E-state index is 5.50. The van der Waals surface area contributed by atoms with Crippen molar-refractivity contribution in [3.63, 3.8) is 0 Å². The summed E-state index contributed by atoms with van der Waals surface area (Å²) in [5.74, 6) is 1.68. The van der Waals surface area contributed by atoms with Crippen LogP contribution in [0.4, 0.5) is 5.82 Å². The first-order chi connectivity index (χ1) is 7.30. The number of pyridine rings is 1. The van der Waals surface area contributed by atoms with Gasteiger partial charge in [-0.3, -0.25) is 0 Å². The topological polar surface area (TPSA) is 50.9 Å². The number of nitrogens with two attached hydrogens (primary N) is 1. The molecule has 0 aliphatic carbocycles. The maximum atomic E-state index is 5.50. The quantitative estimate of drug-likeness (QED) is 0.753. The van der Waals surface area contributed by atoms with Gasteiger partial charge in [0.15, 0.2) is 0 Å². The Morgan fingerprint density at radius 3 is 2.53 bits per heavy atom. The van der Waals surface area contributed by atoms with Crippen LogP contribution in [0.5, 0.6) is 0 Å². The molecule has 0 fully saturated rings. The molecule has 0 spiro atoms. The number of nitrogens with one attached hydrogen (secondary N) is 1. The molecule has 1 rings (SSSR count). The van der Waals surface area contributed by atoms with Crippen molar-refractivity contribution in [2.45, 2.75) is 33.2 Å². The Balaban J connectivity index is 2.43. The molecule has 0 saturated carbocycles. The molecule has 3 N–H and O–H groups in total. The Labute approximate surface area is 92.1 Å². The van der Waals surface area contributed by atoms with Crippen LogP contribution in [0.25, 0.3) is 0 Å². The Morgan fingerprint density at radius 1 is 1.33 bits per heavy atom. The summed E-state index contributed by atoms with van der Waals surface area (Å²) in [6.45, 7) is 6.00. The molecule has 3 heteroatoms. The average molecular weight is 207 g/mol. The van der Waals surface area contributed by atoms with Gasteiger partial charge in [-0.25, -0.2) is 4.98 Å². The monoisotopic (exact) mass is 207 g/mol. The zero-order valence-electron chi connectivity index (χ0n) is 9.66. The Bertz CT molecular complexity index is 265. The highest BCUT2D eigenvalue weighted by atomic mass is 15.0. The molecule has 0 radical (unpaired) electrons. The van der Waals surface area contributed by atoms with E-state index >= 15 is 0 Å². The summed E-state index contributed by atoms with van der Waals surface area (Å²) in [6.07, 6.45) is 4.25. The first-order valence-corrected chi connectivity index (χ1v) is 5.69. The van der Waals surface area contributed by atoms with E-state index in [1.807, 2.05) is 18.3 Å². The highest BCUT2D eigenvalue weighted by Crippen LogP contribution is 2.10. The SMILES string of the molecule is CCC(CC)CNc1ccc(CN)cn1. The van der Waals surface area contributed by atoms with Crippen LogP contribution in [0.15, 0.2) is 18.3 Å². The molecule has 0 saturated heterocycles. The molecule has 0 aromatic carbocycles. The predicted octanol–water partition coefficient (Wildman–Crippen LogP) is 2.39. The van der Waals surface area contributed by atoms with E-state index in [1.54, 1.807) is 0 Å². The highest BCUT2D eigenvalue weighted by molar-refractivity contribution is 5.35. The Morgan fingerprint density at radius 2 is 2.07 bits per heavy atom. The largest absolute Gasteiger partial charge is 0.370 e. The summed E-state index contributed by atoms with van der Waals surface area (Å²) < 4.78 is 0. The third-order valence-electron chi connectivity index (χ3n) is 2.79. The van der Waals surface area contributed by atoms with Gasteiger partial charge in [-0.05, 0) is 17.5 Å². The number of hydrogen-bond acceptors (Lipinski definition) is 3. The van der Waals surface area contributed by atoms with Crippen molar-refractivity contribution < 1.29 is 0 Å². The van der Waals surface area contributed by atoms with Gasteiger partial charge in [0, 0.05) is 19.3 Å². The molecule has 3 nitrogen and oxygen atoms in total. The lowest BCUT2D eigenvalue weighted by atomic mass is 10.0. The molecule has 1 aromatic rings. The summed E-state index contributed by atoms with van der Waals surface area (Å²) in [6, 6.07) is 4.01. The van der Waals surface area contributed by atoms with Crippen molar-refractivity contribution in [3.8, 4) is 0 Å². The number of hydrogen-bond donors (Lipinski definition) is 2. The van der Waals surface area contributed by atoms with Crippen LogP contribution in [-0.2, 0) is 6.54 Å². The molecule has 0 bridgehead atoms. The maximum Gasteiger partial charge on any atom is 0.125 e. The van der Waals surface area contributed by atoms with Gasteiger partial charge in [0.25, 0.3) is 0 Å². The van der Waals surface area contributed by atoms with E-state index in [-0.39, 0.29) is 0 Å². The molecule has 0 atom stereocenters. The smallest absolute Gasteiger partial charge is 0.125 e. The van der Waals surface area contributed by atoms with E-state index in [9.17, 15) is 0 Å². The minimum absolute atomic E-state index is 0.555. The molecular weight excluding hydrogens is 186 g/mol. The van der Waals surface area contributed by atoms with Crippen LogP contribution < -0.4 is 11.1 Å². The predicted molar refractivity (Wildman–Crippen MR) is 64.7 cm³/mol. The van der Waals surface area contributed by atoms with Gasteiger partial charge in [-0.15, -0.1) is 0 Å². The molecule has 0 unspecified atom stereocenters. The molecule has 1 aromatic heterocycles. The summed E-state index contributed by atoms with van der Waals surface area (Å²) >= 11 is 0. The van der Waals surface area contributed by atoms with Crippen molar-refractivity contribution in [1.29, 1.82) is 0 Å². The third-order valence-corrected chi connectivity index (χ3v) is 2.79. The second-order valence-corrected chi connectivity index (χ2v) is 3.82. The van der Waals surface area contributed by atoms with Gasteiger partial charge in [0.2, 0.25) is 0 Å². The molecule has 1 heterocycles.